The summed E-state index contributed by atoms with van der Waals surface area (Å²) >= 11 is 1.54. The molecule has 0 saturated carbocycles. The Labute approximate surface area is 143 Å². The number of nitrogens with zero attached hydrogens (tertiary/aromatic N) is 1. The SMILES string of the molecule is CC1CCCN(C(C)(C)CNC(=O)NCC(O)c2ccsc2)C1. The molecule has 2 unspecified atom stereocenters. The summed E-state index contributed by atoms with van der Waals surface area (Å²) in [5, 5.41) is 19.5. The number of aliphatic hydroxyl groups excluding tert-OH is 1. The van der Waals surface area contributed by atoms with Crippen LogP contribution in [-0.2, 0) is 0 Å². The quantitative estimate of drug-likeness (QED) is 0.746. The predicted octanol–water partition coefficient (Wildman–Crippen LogP) is 2.59. The largest absolute Gasteiger partial charge is 0.387 e. The van der Waals surface area contributed by atoms with Crippen molar-refractivity contribution in [1.29, 1.82) is 0 Å². The maximum atomic E-state index is 12.0. The molecule has 23 heavy (non-hydrogen) atoms. The highest BCUT2D eigenvalue weighted by molar-refractivity contribution is 7.07. The van der Waals surface area contributed by atoms with E-state index in [-0.39, 0.29) is 18.1 Å². The van der Waals surface area contributed by atoms with Crippen molar-refractivity contribution in [2.24, 2.45) is 5.92 Å². The second-order valence-electron chi connectivity index (χ2n) is 7.14. The molecule has 1 fully saturated rings. The van der Waals surface area contributed by atoms with Crippen LogP contribution in [0, 0.1) is 5.92 Å². The number of thiophene rings is 1. The fourth-order valence-corrected chi connectivity index (χ4v) is 3.69. The number of nitrogens with one attached hydrogen (secondary N) is 2. The van der Waals surface area contributed by atoms with Crippen LogP contribution in [0.2, 0.25) is 0 Å². The van der Waals surface area contributed by atoms with E-state index in [2.05, 4.69) is 36.3 Å². The molecule has 0 aromatic carbocycles. The van der Waals surface area contributed by atoms with E-state index in [0.717, 1.165) is 24.6 Å². The van der Waals surface area contributed by atoms with E-state index in [1.54, 1.807) is 0 Å². The number of amides is 2. The van der Waals surface area contributed by atoms with E-state index < -0.39 is 6.10 Å². The maximum absolute atomic E-state index is 12.0. The van der Waals surface area contributed by atoms with Crippen LogP contribution in [0.4, 0.5) is 4.79 Å². The zero-order valence-electron chi connectivity index (χ0n) is 14.3. The van der Waals surface area contributed by atoms with Crippen LogP contribution in [-0.4, -0.2) is 47.8 Å². The number of urea groups is 1. The predicted molar refractivity (Wildman–Crippen MR) is 94.7 cm³/mol. The van der Waals surface area contributed by atoms with E-state index >= 15 is 0 Å². The lowest BCUT2D eigenvalue weighted by atomic mass is 9.93. The lowest BCUT2D eigenvalue weighted by Gasteiger charge is -2.43. The average molecular weight is 340 g/mol. The lowest BCUT2D eigenvalue weighted by molar-refractivity contribution is 0.0722. The van der Waals surface area contributed by atoms with Gasteiger partial charge in [0.15, 0.2) is 0 Å². The second-order valence-corrected chi connectivity index (χ2v) is 7.92. The van der Waals surface area contributed by atoms with Gasteiger partial charge >= 0.3 is 6.03 Å². The van der Waals surface area contributed by atoms with Gasteiger partial charge < -0.3 is 15.7 Å². The maximum Gasteiger partial charge on any atom is 0.314 e. The lowest BCUT2D eigenvalue weighted by Crippen LogP contribution is -2.55. The number of carbonyl (C=O) groups excluding carboxylic acids is 1. The first kappa shape index (κ1) is 18.2. The van der Waals surface area contributed by atoms with Crippen molar-refractivity contribution in [3.05, 3.63) is 22.4 Å². The molecule has 3 N–H and O–H groups in total. The number of hydrogen-bond acceptors (Lipinski definition) is 4. The summed E-state index contributed by atoms with van der Waals surface area (Å²) in [6.45, 7) is 9.64. The first-order chi connectivity index (χ1) is 10.9. The van der Waals surface area contributed by atoms with Crippen LogP contribution in [0.5, 0.6) is 0 Å². The van der Waals surface area contributed by atoms with Gasteiger partial charge in [-0.25, -0.2) is 4.79 Å². The first-order valence-corrected chi connectivity index (χ1v) is 9.29. The molecule has 2 rings (SSSR count). The third-order valence-corrected chi connectivity index (χ3v) is 5.28. The number of piperidine rings is 1. The van der Waals surface area contributed by atoms with Gasteiger partial charge in [-0.1, -0.05) is 6.92 Å². The van der Waals surface area contributed by atoms with Crippen molar-refractivity contribution in [2.75, 3.05) is 26.2 Å². The van der Waals surface area contributed by atoms with Crippen LogP contribution in [0.3, 0.4) is 0 Å². The molecule has 1 aliphatic rings. The van der Waals surface area contributed by atoms with E-state index in [4.69, 9.17) is 0 Å². The Balaban J connectivity index is 1.72. The Morgan fingerprint density at radius 2 is 2.30 bits per heavy atom. The molecule has 1 aromatic rings. The molecule has 2 atom stereocenters. The summed E-state index contributed by atoms with van der Waals surface area (Å²) in [6.07, 6.45) is 1.87. The second kappa shape index (κ2) is 8.13. The topological polar surface area (TPSA) is 64.6 Å². The fourth-order valence-electron chi connectivity index (χ4n) is 2.98. The van der Waals surface area contributed by atoms with Crippen LogP contribution in [0.15, 0.2) is 16.8 Å². The Hall–Kier alpha value is -1.11. The smallest absolute Gasteiger partial charge is 0.314 e. The summed E-state index contributed by atoms with van der Waals surface area (Å²) in [4.78, 5) is 14.4. The average Bonchev–Trinajstić information content (AvgIpc) is 3.05. The molecule has 0 radical (unpaired) electrons. The summed E-state index contributed by atoms with van der Waals surface area (Å²) in [6, 6.07) is 1.65. The minimum Gasteiger partial charge on any atom is -0.387 e. The van der Waals surface area contributed by atoms with Crippen molar-refractivity contribution in [2.45, 2.75) is 45.3 Å². The highest BCUT2D eigenvalue weighted by Crippen LogP contribution is 2.23. The Bertz CT molecular complexity index is 490. The highest BCUT2D eigenvalue weighted by Gasteiger charge is 2.30. The number of likely N-dealkylation sites (tertiary alicyclic amines) is 1. The summed E-state index contributed by atoms with van der Waals surface area (Å²) in [5.41, 5.74) is 0.788. The van der Waals surface area contributed by atoms with E-state index in [0.29, 0.717) is 6.54 Å². The molecule has 0 spiro atoms. The monoisotopic (exact) mass is 339 g/mol. The van der Waals surface area contributed by atoms with Gasteiger partial charge in [-0.05, 0) is 61.5 Å². The fraction of sp³-hybridized carbons (Fsp3) is 0.706. The van der Waals surface area contributed by atoms with Gasteiger partial charge in [-0.2, -0.15) is 11.3 Å². The van der Waals surface area contributed by atoms with Crippen LogP contribution in [0.25, 0.3) is 0 Å². The van der Waals surface area contributed by atoms with Crippen LogP contribution < -0.4 is 10.6 Å². The van der Waals surface area contributed by atoms with Crippen molar-refractivity contribution in [3.63, 3.8) is 0 Å². The normalized spacial score (nSPS) is 21.0. The van der Waals surface area contributed by atoms with Crippen molar-refractivity contribution >= 4 is 17.4 Å². The third kappa shape index (κ3) is 5.48. The molecule has 2 heterocycles. The summed E-state index contributed by atoms with van der Waals surface area (Å²) < 4.78 is 0. The number of carbonyl (C=O) groups is 1. The van der Waals surface area contributed by atoms with E-state index in [1.807, 2.05) is 16.8 Å². The van der Waals surface area contributed by atoms with Gasteiger partial charge in [0, 0.05) is 25.2 Å². The van der Waals surface area contributed by atoms with Gasteiger partial charge in [-0.15, -0.1) is 0 Å². The molecule has 2 amide bonds. The van der Waals surface area contributed by atoms with Gasteiger partial charge in [0.1, 0.15) is 0 Å². The van der Waals surface area contributed by atoms with Crippen molar-refractivity contribution in [1.82, 2.24) is 15.5 Å². The Morgan fingerprint density at radius 3 is 2.96 bits per heavy atom. The zero-order valence-corrected chi connectivity index (χ0v) is 15.2. The number of rotatable bonds is 6. The van der Waals surface area contributed by atoms with E-state index in [9.17, 15) is 9.90 Å². The van der Waals surface area contributed by atoms with Gasteiger partial charge in [0.05, 0.1) is 6.10 Å². The zero-order chi connectivity index (χ0) is 16.9. The third-order valence-electron chi connectivity index (χ3n) is 4.58. The molecule has 5 nitrogen and oxygen atoms in total. The molecule has 1 aromatic heterocycles. The van der Waals surface area contributed by atoms with Crippen LogP contribution in [0.1, 0.15) is 45.3 Å². The Kier molecular flexibility index (Phi) is 6.44. The minimum atomic E-state index is -0.650. The van der Waals surface area contributed by atoms with Gasteiger partial charge in [0.25, 0.3) is 0 Å². The summed E-state index contributed by atoms with van der Waals surface area (Å²) in [7, 11) is 0. The van der Waals surface area contributed by atoms with Crippen LogP contribution >= 0.6 is 11.3 Å². The molecule has 0 bridgehead atoms. The number of hydrogen-bond donors (Lipinski definition) is 3. The van der Waals surface area contributed by atoms with E-state index in [1.165, 1.54) is 24.2 Å². The van der Waals surface area contributed by atoms with Gasteiger partial charge in [0.2, 0.25) is 0 Å². The molecule has 1 saturated heterocycles. The summed E-state index contributed by atoms with van der Waals surface area (Å²) in [5.74, 6) is 0.720. The van der Waals surface area contributed by atoms with Crippen molar-refractivity contribution < 1.29 is 9.90 Å². The molecule has 0 aliphatic carbocycles. The van der Waals surface area contributed by atoms with Gasteiger partial charge in [-0.3, -0.25) is 4.90 Å². The highest BCUT2D eigenvalue weighted by atomic mass is 32.1. The molecule has 6 heteroatoms. The van der Waals surface area contributed by atoms with Crippen molar-refractivity contribution in [3.8, 4) is 0 Å². The number of aliphatic hydroxyl groups is 1. The minimum absolute atomic E-state index is 0.0575. The first-order valence-electron chi connectivity index (χ1n) is 8.35. The molecular weight excluding hydrogens is 310 g/mol. The molecule has 1 aliphatic heterocycles. The Morgan fingerprint density at radius 1 is 1.52 bits per heavy atom. The standard InChI is InChI=1S/C17H29N3O2S/c1-13-5-4-7-20(10-13)17(2,3)12-19-16(22)18-9-15(21)14-6-8-23-11-14/h6,8,11,13,15,21H,4-5,7,9-10,12H2,1-3H3,(H2,18,19,22). The molecular formula is C17H29N3O2S. The molecule has 130 valence electrons.